The van der Waals surface area contributed by atoms with Gasteiger partial charge in [0, 0.05) is 0 Å². The first-order valence-corrected chi connectivity index (χ1v) is 6.34. The molecule has 1 aromatic carbocycles. The van der Waals surface area contributed by atoms with Crippen LogP contribution in [-0.2, 0) is 11.2 Å². The Morgan fingerprint density at radius 3 is 2.89 bits per heavy atom. The highest BCUT2D eigenvalue weighted by Gasteiger charge is 2.23. The van der Waals surface area contributed by atoms with Crippen molar-refractivity contribution in [3.8, 4) is 5.75 Å². The van der Waals surface area contributed by atoms with Crippen LogP contribution in [0.1, 0.15) is 18.4 Å². The minimum Gasteiger partial charge on any atom is -0.492 e. The molecule has 1 unspecified atom stereocenters. The second kappa shape index (κ2) is 5.59. The monoisotopic (exact) mass is 269 g/mol. The number of hydrogen-bond acceptors (Lipinski definition) is 3. The van der Waals surface area contributed by atoms with E-state index in [0.29, 0.717) is 28.9 Å². The fourth-order valence-corrected chi connectivity index (χ4v) is 1.90. The van der Waals surface area contributed by atoms with Crippen LogP contribution < -0.4 is 10.5 Å². The van der Waals surface area contributed by atoms with Gasteiger partial charge in [0.05, 0.1) is 11.6 Å². The average molecular weight is 270 g/mol. The highest BCUT2D eigenvalue weighted by molar-refractivity contribution is 6.32. The predicted octanol–water partition coefficient (Wildman–Crippen LogP) is 2.08. The molecule has 0 aromatic heterocycles. The van der Waals surface area contributed by atoms with Crippen molar-refractivity contribution in [1.29, 1.82) is 0 Å². The van der Waals surface area contributed by atoms with Gasteiger partial charge in [-0.1, -0.05) is 23.7 Å². The maximum atomic E-state index is 10.7. The summed E-state index contributed by atoms with van der Waals surface area (Å²) in [6.45, 7) is 0.675. The second-order valence-corrected chi connectivity index (χ2v) is 5.01. The van der Waals surface area contributed by atoms with Gasteiger partial charge in [0.15, 0.2) is 0 Å². The number of benzene rings is 1. The third-order valence-corrected chi connectivity index (χ3v) is 3.40. The summed E-state index contributed by atoms with van der Waals surface area (Å²) in [7, 11) is 0. The number of halogens is 1. The average Bonchev–Trinajstić information content (AvgIpc) is 3.14. The number of carbonyl (C=O) groups is 1. The van der Waals surface area contributed by atoms with Crippen molar-refractivity contribution >= 4 is 17.6 Å². The lowest BCUT2D eigenvalue weighted by Crippen LogP contribution is -2.32. The van der Waals surface area contributed by atoms with Crippen LogP contribution in [0.5, 0.6) is 5.75 Å². The van der Waals surface area contributed by atoms with Crippen LogP contribution in [0, 0.1) is 5.92 Å². The molecule has 0 aliphatic heterocycles. The quantitative estimate of drug-likeness (QED) is 0.829. The summed E-state index contributed by atoms with van der Waals surface area (Å²) in [5, 5.41) is 9.26. The van der Waals surface area contributed by atoms with E-state index in [2.05, 4.69) is 0 Å². The molecule has 3 N–H and O–H groups in total. The van der Waals surface area contributed by atoms with Crippen molar-refractivity contribution in [3.05, 3.63) is 28.8 Å². The first kappa shape index (κ1) is 13.2. The summed E-state index contributed by atoms with van der Waals surface area (Å²) in [5.41, 5.74) is 6.21. The maximum Gasteiger partial charge on any atom is 0.320 e. The van der Waals surface area contributed by atoms with E-state index >= 15 is 0 Å². The Labute approximate surface area is 111 Å². The smallest absolute Gasteiger partial charge is 0.320 e. The van der Waals surface area contributed by atoms with E-state index in [9.17, 15) is 4.79 Å². The standard InChI is InChI=1S/C13H16ClNO3/c14-12-9(6-10(15)13(16)17)2-1-3-11(12)18-7-8-4-5-8/h1-3,8,10H,4-7,15H2,(H,16,17). The van der Waals surface area contributed by atoms with E-state index in [4.69, 9.17) is 27.2 Å². The fourth-order valence-electron chi connectivity index (χ4n) is 1.64. The van der Waals surface area contributed by atoms with Crippen LogP contribution in [0.4, 0.5) is 0 Å². The molecular weight excluding hydrogens is 254 g/mol. The Kier molecular flexibility index (Phi) is 4.09. The number of hydrogen-bond donors (Lipinski definition) is 2. The Hall–Kier alpha value is -1.26. The van der Waals surface area contributed by atoms with Gasteiger partial charge in [0.25, 0.3) is 0 Å². The molecule has 1 saturated carbocycles. The summed E-state index contributed by atoms with van der Waals surface area (Å²) in [6, 6.07) is 4.43. The van der Waals surface area contributed by atoms with Crippen molar-refractivity contribution in [2.75, 3.05) is 6.61 Å². The Bertz CT molecular complexity index is 446. The third-order valence-electron chi connectivity index (χ3n) is 2.97. The van der Waals surface area contributed by atoms with E-state index in [0.717, 1.165) is 0 Å². The van der Waals surface area contributed by atoms with Gasteiger partial charge in [-0.2, -0.15) is 0 Å². The van der Waals surface area contributed by atoms with Gasteiger partial charge in [0.2, 0.25) is 0 Å². The Balaban J connectivity index is 2.05. The van der Waals surface area contributed by atoms with Crippen LogP contribution in [0.2, 0.25) is 5.02 Å². The highest BCUT2D eigenvalue weighted by atomic mass is 35.5. The highest BCUT2D eigenvalue weighted by Crippen LogP contribution is 2.33. The molecule has 4 nitrogen and oxygen atoms in total. The Morgan fingerprint density at radius 1 is 1.56 bits per heavy atom. The molecular formula is C13H16ClNO3. The zero-order valence-corrected chi connectivity index (χ0v) is 10.7. The van der Waals surface area contributed by atoms with Crippen molar-refractivity contribution in [2.24, 2.45) is 11.7 Å². The largest absolute Gasteiger partial charge is 0.492 e. The number of ether oxygens (including phenoxy) is 1. The summed E-state index contributed by atoms with van der Waals surface area (Å²) >= 11 is 6.19. The predicted molar refractivity (Wildman–Crippen MR) is 69.0 cm³/mol. The van der Waals surface area contributed by atoms with Gasteiger partial charge in [-0.15, -0.1) is 0 Å². The van der Waals surface area contributed by atoms with Crippen molar-refractivity contribution in [2.45, 2.75) is 25.3 Å². The number of nitrogens with two attached hydrogens (primary N) is 1. The molecule has 1 aromatic rings. The van der Waals surface area contributed by atoms with Gasteiger partial charge in [-0.3, -0.25) is 4.79 Å². The van der Waals surface area contributed by atoms with E-state index in [1.807, 2.05) is 0 Å². The molecule has 0 bridgehead atoms. The first-order valence-electron chi connectivity index (χ1n) is 5.96. The SMILES string of the molecule is NC(Cc1cccc(OCC2CC2)c1Cl)C(=O)O. The topological polar surface area (TPSA) is 72.5 Å². The molecule has 5 heteroatoms. The van der Waals surface area contributed by atoms with Gasteiger partial charge in [-0.25, -0.2) is 0 Å². The zero-order chi connectivity index (χ0) is 13.1. The van der Waals surface area contributed by atoms with Crippen LogP contribution in [0.3, 0.4) is 0 Å². The number of rotatable bonds is 6. The minimum absolute atomic E-state index is 0.203. The summed E-state index contributed by atoms with van der Waals surface area (Å²) < 4.78 is 5.62. The summed E-state index contributed by atoms with van der Waals surface area (Å²) in [6.07, 6.45) is 2.62. The number of carboxylic acids is 1. The normalized spacial score (nSPS) is 16.3. The molecule has 2 rings (SSSR count). The molecule has 0 heterocycles. The summed E-state index contributed by atoms with van der Waals surface area (Å²) in [4.78, 5) is 10.7. The van der Waals surface area contributed by atoms with E-state index in [1.165, 1.54) is 12.8 Å². The van der Waals surface area contributed by atoms with Crippen molar-refractivity contribution in [3.63, 3.8) is 0 Å². The van der Waals surface area contributed by atoms with Crippen LogP contribution in [0.25, 0.3) is 0 Å². The lowest BCUT2D eigenvalue weighted by atomic mass is 10.1. The van der Waals surface area contributed by atoms with Gasteiger partial charge >= 0.3 is 5.97 Å². The molecule has 1 aliphatic carbocycles. The van der Waals surface area contributed by atoms with E-state index in [-0.39, 0.29) is 6.42 Å². The van der Waals surface area contributed by atoms with E-state index in [1.54, 1.807) is 18.2 Å². The molecule has 0 spiro atoms. The third kappa shape index (κ3) is 3.37. The van der Waals surface area contributed by atoms with Crippen LogP contribution in [-0.4, -0.2) is 23.7 Å². The van der Waals surface area contributed by atoms with Crippen molar-refractivity contribution < 1.29 is 14.6 Å². The van der Waals surface area contributed by atoms with E-state index < -0.39 is 12.0 Å². The molecule has 1 aliphatic rings. The van der Waals surface area contributed by atoms with Gasteiger partial charge in [0.1, 0.15) is 11.8 Å². The molecule has 98 valence electrons. The van der Waals surface area contributed by atoms with Crippen LogP contribution >= 0.6 is 11.6 Å². The molecule has 1 fully saturated rings. The Morgan fingerprint density at radius 2 is 2.28 bits per heavy atom. The second-order valence-electron chi connectivity index (χ2n) is 4.63. The zero-order valence-electron chi connectivity index (χ0n) is 9.93. The number of carboxylic acid groups (broad SMARTS) is 1. The van der Waals surface area contributed by atoms with Gasteiger partial charge < -0.3 is 15.6 Å². The molecule has 18 heavy (non-hydrogen) atoms. The molecule has 1 atom stereocenters. The van der Waals surface area contributed by atoms with Crippen molar-refractivity contribution in [1.82, 2.24) is 0 Å². The summed E-state index contributed by atoms with van der Waals surface area (Å²) in [5.74, 6) is 0.222. The first-order chi connectivity index (χ1) is 8.58. The lowest BCUT2D eigenvalue weighted by Gasteiger charge is -2.12. The molecule has 0 radical (unpaired) electrons. The molecule has 0 amide bonds. The number of aliphatic carboxylic acids is 1. The van der Waals surface area contributed by atoms with Gasteiger partial charge in [-0.05, 0) is 36.8 Å². The maximum absolute atomic E-state index is 10.7. The lowest BCUT2D eigenvalue weighted by molar-refractivity contribution is -0.138. The van der Waals surface area contributed by atoms with Crippen LogP contribution in [0.15, 0.2) is 18.2 Å². The molecule has 0 saturated heterocycles. The minimum atomic E-state index is -1.03. The fraction of sp³-hybridized carbons (Fsp3) is 0.462.